The minimum atomic E-state index is -0.199. The number of allylic oxidation sites excluding steroid dienone is 1. The molecular weight excluding hydrogens is 368 g/mol. The number of ketones is 2. The molecule has 0 radical (unpaired) electrons. The molecule has 0 bridgehead atoms. The molecule has 1 aliphatic heterocycles. The Morgan fingerprint density at radius 3 is 2.59 bits per heavy atom. The molecule has 0 N–H and O–H groups in total. The van der Waals surface area contributed by atoms with Crippen molar-refractivity contribution in [3.05, 3.63) is 95.2 Å². The molecule has 0 aromatic heterocycles. The van der Waals surface area contributed by atoms with Crippen LogP contribution in [0.3, 0.4) is 0 Å². The van der Waals surface area contributed by atoms with Crippen LogP contribution in [0, 0.1) is 0 Å². The Bertz CT molecular complexity index is 1100. The van der Waals surface area contributed by atoms with Crippen LogP contribution < -0.4 is 14.2 Å². The molecule has 1 heterocycles. The summed E-state index contributed by atoms with van der Waals surface area (Å²) in [5.41, 5.74) is 1.84. The van der Waals surface area contributed by atoms with Gasteiger partial charge in [0.15, 0.2) is 18.1 Å². The van der Waals surface area contributed by atoms with E-state index in [1.165, 1.54) is 0 Å². The van der Waals surface area contributed by atoms with E-state index < -0.39 is 0 Å². The highest BCUT2D eigenvalue weighted by Gasteiger charge is 2.27. The summed E-state index contributed by atoms with van der Waals surface area (Å²) < 4.78 is 16.5. The second-order valence-electron chi connectivity index (χ2n) is 6.45. The van der Waals surface area contributed by atoms with Crippen molar-refractivity contribution in [2.24, 2.45) is 0 Å². The summed E-state index contributed by atoms with van der Waals surface area (Å²) in [6, 6.07) is 21.2. The van der Waals surface area contributed by atoms with Gasteiger partial charge in [-0.05, 0) is 35.9 Å². The highest BCUT2D eigenvalue weighted by atomic mass is 16.5. The van der Waals surface area contributed by atoms with Crippen molar-refractivity contribution in [1.82, 2.24) is 0 Å². The highest BCUT2D eigenvalue weighted by molar-refractivity contribution is 6.14. The third-order valence-corrected chi connectivity index (χ3v) is 4.50. The molecule has 29 heavy (non-hydrogen) atoms. The maximum atomic E-state index is 12.6. The molecule has 4 rings (SSSR count). The zero-order valence-corrected chi connectivity index (χ0v) is 15.8. The van der Waals surface area contributed by atoms with E-state index in [2.05, 4.69) is 0 Å². The molecule has 0 saturated carbocycles. The third-order valence-electron chi connectivity index (χ3n) is 4.50. The van der Waals surface area contributed by atoms with E-state index in [1.54, 1.807) is 55.7 Å². The van der Waals surface area contributed by atoms with Gasteiger partial charge in [-0.25, -0.2) is 0 Å². The first-order chi connectivity index (χ1) is 14.1. The van der Waals surface area contributed by atoms with E-state index in [0.29, 0.717) is 28.4 Å². The smallest absolute Gasteiger partial charge is 0.231 e. The summed E-state index contributed by atoms with van der Waals surface area (Å²) in [6.07, 6.45) is 1.67. The van der Waals surface area contributed by atoms with Crippen LogP contribution in [0.5, 0.6) is 17.2 Å². The van der Waals surface area contributed by atoms with E-state index in [1.807, 2.05) is 30.3 Å². The predicted octanol–water partition coefficient (Wildman–Crippen LogP) is 4.57. The van der Waals surface area contributed by atoms with Gasteiger partial charge < -0.3 is 14.2 Å². The lowest BCUT2D eigenvalue weighted by Crippen LogP contribution is -2.11. The summed E-state index contributed by atoms with van der Waals surface area (Å²) in [4.78, 5) is 24.8. The zero-order valence-electron chi connectivity index (χ0n) is 15.8. The maximum Gasteiger partial charge on any atom is 0.231 e. The molecule has 3 aromatic rings. The van der Waals surface area contributed by atoms with Crippen LogP contribution in [0.2, 0.25) is 0 Å². The normalized spacial score (nSPS) is 13.7. The third kappa shape index (κ3) is 4.04. The number of Topliss-reactive ketones (excluding diaryl/α,β-unsaturated/α-hetero) is 2. The number of ether oxygens (including phenoxy) is 3. The number of carbonyl (C=O) groups is 2. The lowest BCUT2D eigenvalue weighted by atomic mass is 10.1. The van der Waals surface area contributed by atoms with Gasteiger partial charge in [0.25, 0.3) is 0 Å². The summed E-state index contributed by atoms with van der Waals surface area (Å²) in [5.74, 6) is 1.47. The first-order valence-corrected chi connectivity index (χ1v) is 9.07. The molecule has 1 aliphatic rings. The second kappa shape index (κ2) is 8.02. The molecule has 0 saturated heterocycles. The van der Waals surface area contributed by atoms with Gasteiger partial charge in [-0.1, -0.05) is 42.5 Å². The Labute approximate surface area is 168 Å². The quantitative estimate of drug-likeness (QED) is 0.459. The van der Waals surface area contributed by atoms with Crippen LogP contribution in [0.4, 0.5) is 0 Å². The lowest BCUT2D eigenvalue weighted by molar-refractivity contribution is 0.0921. The van der Waals surface area contributed by atoms with Gasteiger partial charge in [-0.15, -0.1) is 0 Å². The van der Waals surface area contributed by atoms with Crippen LogP contribution in [0.1, 0.15) is 26.3 Å². The minimum absolute atomic E-state index is 0.0940. The molecule has 0 unspecified atom stereocenters. The van der Waals surface area contributed by atoms with Gasteiger partial charge in [-0.2, -0.15) is 0 Å². The topological polar surface area (TPSA) is 61.8 Å². The fraction of sp³-hybridized carbons (Fsp3) is 0.0833. The van der Waals surface area contributed by atoms with Crippen molar-refractivity contribution >= 4 is 17.6 Å². The Kier molecular flexibility index (Phi) is 5.12. The Morgan fingerprint density at radius 1 is 0.966 bits per heavy atom. The molecule has 5 heteroatoms. The lowest BCUT2D eigenvalue weighted by Gasteiger charge is -2.07. The number of hydrogen-bond donors (Lipinski definition) is 0. The predicted molar refractivity (Wildman–Crippen MR) is 109 cm³/mol. The average molecular weight is 386 g/mol. The van der Waals surface area contributed by atoms with E-state index in [9.17, 15) is 9.59 Å². The molecule has 0 spiro atoms. The van der Waals surface area contributed by atoms with Crippen LogP contribution in [-0.2, 0) is 0 Å². The summed E-state index contributed by atoms with van der Waals surface area (Å²) in [6.45, 7) is -0.0940. The number of methoxy groups -OCH3 is 1. The molecule has 5 nitrogen and oxygen atoms in total. The molecule has 144 valence electrons. The molecule has 0 aliphatic carbocycles. The second-order valence-corrected chi connectivity index (χ2v) is 6.45. The van der Waals surface area contributed by atoms with Crippen molar-refractivity contribution in [2.75, 3.05) is 13.7 Å². The first kappa shape index (κ1) is 18.5. The maximum absolute atomic E-state index is 12.6. The molecule has 0 fully saturated rings. The Morgan fingerprint density at radius 2 is 1.79 bits per heavy atom. The number of rotatable bonds is 6. The summed E-state index contributed by atoms with van der Waals surface area (Å²) in [5, 5.41) is 0. The first-order valence-electron chi connectivity index (χ1n) is 9.07. The monoisotopic (exact) mass is 386 g/mol. The number of hydrogen-bond acceptors (Lipinski definition) is 5. The number of fused-ring (bicyclic) bond motifs is 1. The van der Waals surface area contributed by atoms with E-state index in [-0.39, 0.29) is 23.9 Å². The molecule has 3 aromatic carbocycles. The zero-order chi connectivity index (χ0) is 20.2. The largest absolute Gasteiger partial charge is 0.497 e. The fourth-order valence-corrected chi connectivity index (χ4v) is 3.00. The van der Waals surface area contributed by atoms with Gasteiger partial charge >= 0.3 is 0 Å². The highest BCUT2D eigenvalue weighted by Crippen LogP contribution is 2.35. The molecular formula is C24H18O5. The SMILES string of the molecule is COc1cccc(C=C2Oc3cc(OCC(=O)c4ccccc4)ccc3C2=O)c1. The van der Waals surface area contributed by atoms with Crippen molar-refractivity contribution < 1.29 is 23.8 Å². The minimum Gasteiger partial charge on any atom is -0.497 e. The van der Waals surface area contributed by atoms with Crippen LogP contribution in [-0.4, -0.2) is 25.3 Å². The van der Waals surface area contributed by atoms with Gasteiger partial charge in [0, 0.05) is 11.6 Å². The number of carbonyl (C=O) groups excluding carboxylic acids is 2. The van der Waals surface area contributed by atoms with E-state index in [4.69, 9.17) is 14.2 Å². The van der Waals surface area contributed by atoms with E-state index >= 15 is 0 Å². The van der Waals surface area contributed by atoms with Crippen LogP contribution in [0.25, 0.3) is 6.08 Å². The standard InChI is InChI=1S/C24H18O5/c1-27-18-9-5-6-16(12-18)13-23-24(26)20-11-10-19(14-22(20)29-23)28-15-21(25)17-7-3-2-4-8-17/h2-14H,15H2,1H3. The van der Waals surface area contributed by atoms with Crippen molar-refractivity contribution in [3.63, 3.8) is 0 Å². The van der Waals surface area contributed by atoms with Gasteiger partial charge in [0.2, 0.25) is 5.78 Å². The molecule has 0 amide bonds. The van der Waals surface area contributed by atoms with Gasteiger partial charge in [0.05, 0.1) is 12.7 Å². The fourth-order valence-electron chi connectivity index (χ4n) is 3.00. The summed E-state index contributed by atoms with van der Waals surface area (Å²) >= 11 is 0. The van der Waals surface area contributed by atoms with Crippen LogP contribution >= 0.6 is 0 Å². The Hall–Kier alpha value is -3.86. The van der Waals surface area contributed by atoms with E-state index in [0.717, 1.165) is 5.56 Å². The average Bonchev–Trinajstić information content (AvgIpc) is 3.07. The summed E-state index contributed by atoms with van der Waals surface area (Å²) in [7, 11) is 1.59. The van der Waals surface area contributed by atoms with Crippen molar-refractivity contribution in [1.29, 1.82) is 0 Å². The van der Waals surface area contributed by atoms with Gasteiger partial charge in [0.1, 0.15) is 17.2 Å². The molecule has 0 atom stereocenters. The van der Waals surface area contributed by atoms with Crippen LogP contribution in [0.15, 0.2) is 78.6 Å². The number of benzene rings is 3. The van der Waals surface area contributed by atoms with Crippen molar-refractivity contribution in [2.45, 2.75) is 0 Å². The Balaban J connectivity index is 1.48. The van der Waals surface area contributed by atoms with Crippen molar-refractivity contribution in [3.8, 4) is 17.2 Å². The van der Waals surface area contributed by atoms with Gasteiger partial charge in [-0.3, -0.25) is 9.59 Å².